The second kappa shape index (κ2) is 8.30. The number of aliphatic hydroxyl groups excluding tert-OH is 1. The molecule has 1 aromatic carbocycles. The van der Waals surface area contributed by atoms with Crippen molar-refractivity contribution < 1.29 is 14.3 Å². The van der Waals surface area contributed by atoms with E-state index in [9.17, 15) is 4.79 Å². The molecule has 0 spiro atoms. The summed E-state index contributed by atoms with van der Waals surface area (Å²) in [7, 11) is 0. The summed E-state index contributed by atoms with van der Waals surface area (Å²) in [6, 6.07) is 13.5. The number of carbonyl (C=O) groups is 1. The van der Waals surface area contributed by atoms with Gasteiger partial charge in [-0.15, -0.1) is 0 Å². The Balaban J connectivity index is 0.000000181. The van der Waals surface area contributed by atoms with E-state index in [2.05, 4.69) is 16.5 Å². The Labute approximate surface area is 101 Å². The highest BCUT2D eigenvalue weighted by atomic mass is 16.3. The summed E-state index contributed by atoms with van der Waals surface area (Å²) in [5.41, 5.74) is 1.30. The molecule has 0 saturated carbocycles. The van der Waals surface area contributed by atoms with Gasteiger partial charge in [0, 0.05) is 6.61 Å². The first-order valence-electron chi connectivity index (χ1n) is 5.50. The quantitative estimate of drug-likeness (QED) is 0.824. The minimum absolute atomic E-state index is 0.287. The Hall–Kier alpha value is -1.87. The third-order valence-electron chi connectivity index (χ3n) is 2.13. The number of aldehydes is 1. The molecule has 0 aliphatic rings. The van der Waals surface area contributed by atoms with Gasteiger partial charge in [0.05, 0.1) is 6.26 Å². The van der Waals surface area contributed by atoms with E-state index in [-0.39, 0.29) is 6.61 Å². The number of aliphatic hydroxyl groups is 1. The molecule has 17 heavy (non-hydrogen) atoms. The molecule has 2 aromatic rings. The number of benzene rings is 1. The zero-order valence-corrected chi connectivity index (χ0v) is 9.58. The van der Waals surface area contributed by atoms with Gasteiger partial charge < -0.3 is 9.52 Å². The van der Waals surface area contributed by atoms with Crippen LogP contribution in [0.5, 0.6) is 0 Å². The first-order valence-corrected chi connectivity index (χ1v) is 5.50. The van der Waals surface area contributed by atoms with Crippen LogP contribution in [0, 0.1) is 0 Å². The van der Waals surface area contributed by atoms with Gasteiger partial charge in [0.15, 0.2) is 12.0 Å². The van der Waals surface area contributed by atoms with Crippen LogP contribution in [0.3, 0.4) is 0 Å². The summed E-state index contributed by atoms with van der Waals surface area (Å²) >= 11 is 0. The van der Waals surface area contributed by atoms with Gasteiger partial charge in [-0.3, -0.25) is 4.79 Å². The van der Waals surface area contributed by atoms with Crippen LogP contribution in [0.25, 0.3) is 0 Å². The molecule has 0 aliphatic heterocycles. The van der Waals surface area contributed by atoms with E-state index in [1.165, 1.54) is 11.8 Å². The van der Waals surface area contributed by atoms with Crippen LogP contribution >= 0.6 is 0 Å². The zero-order valence-electron chi connectivity index (χ0n) is 9.58. The van der Waals surface area contributed by atoms with E-state index < -0.39 is 0 Å². The van der Waals surface area contributed by atoms with Crippen LogP contribution in [-0.2, 0) is 6.42 Å². The van der Waals surface area contributed by atoms with Crippen molar-refractivity contribution in [1.29, 1.82) is 0 Å². The SMILES string of the molecule is O=Cc1ccco1.OCCCc1ccccc1. The largest absolute Gasteiger partial charge is 0.462 e. The molecule has 0 amide bonds. The van der Waals surface area contributed by atoms with Gasteiger partial charge >= 0.3 is 0 Å². The van der Waals surface area contributed by atoms with Crippen LogP contribution in [0.2, 0.25) is 0 Å². The van der Waals surface area contributed by atoms with Gasteiger partial charge in [-0.2, -0.15) is 0 Å². The van der Waals surface area contributed by atoms with Crippen molar-refractivity contribution in [3.8, 4) is 0 Å². The number of aryl methyl sites for hydroxylation is 1. The molecule has 1 heterocycles. The Morgan fingerprint density at radius 1 is 1.12 bits per heavy atom. The molecule has 3 heteroatoms. The van der Waals surface area contributed by atoms with Crippen molar-refractivity contribution in [2.24, 2.45) is 0 Å². The minimum atomic E-state index is 0.287. The number of carbonyl (C=O) groups excluding carboxylic acids is 1. The van der Waals surface area contributed by atoms with Crippen LogP contribution in [0.15, 0.2) is 53.1 Å². The molecule has 2 rings (SSSR count). The van der Waals surface area contributed by atoms with Gasteiger partial charge in [0.1, 0.15) is 0 Å². The second-order valence-electron chi connectivity index (χ2n) is 3.45. The first-order chi connectivity index (χ1) is 8.36. The normalized spacial score (nSPS) is 9.24. The summed E-state index contributed by atoms with van der Waals surface area (Å²) in [6.45, 7) is 0.287. The van der Waals surface area contributed by atoms with Crippen LogP contribution in [-0.4, -0.2) is 18.0 Å². The molecule has 0 atom stereocenters. The Kier molecular flexibility index (Phi) is 6.44. The molecular weight excluding hydrogens is 216 g/mol. The van der Waals surface area contributed by atoms with Gasteiger partial charge in [-0.05, 0) is 30.5 Å². The monoisotopic (exact) mass is 232 g/mol. The average Bonchev–Trinajstić information content (AvgIpc) is 2.91. The molecule has 0 fully saturated rings. The lowest BCUT2D eigenvalue weighted by Gasteiger charge is -1.96. The lowest BCUT2D eigenvalue weighted by atomic mass is 10.1. The smallest absolute Gasteiger partial charge is 0.185 e. The summed E-state index contributed by atoms with van der Waals surface area (Å²) in [5, 5.41) is 8.53. The third-order valence-corrected chi connectivity index (χ3v) is 2.13. The van der Waals surface area contributed by atoms with Gasteiger partial charge in [-0.1, -0.05) is 30.3 Å². The molecule has 0 unspecified atom stereocenters. The third kappa shape index (κ3) is 5.68. The van der Waals surface area contributed by atoms with Gasteiger partial charge in [0.25, 0.3) is 0 Å². The van der Waals surface area contributed by atoms with E-state index in [0.717, 1.165) is 12.8 Å². The fraction of sp³-hybridized carbons (Fsp3) is 0.214. The molecule has 3 nitrogen and oxygen atoms in total. The minimum Gasteiger partial charge on any atom is -0.462 e. The van der Waals surface area contributed by atoms with Crippen molar-refractivity contribution >= 4 is 6.29 Å². The number of furan rings is 1. The first kappa shape index (κ1) is 13.2. The van der Waals surface area contributed by atoms with Crippen molar-refractivity contribution in [3.63, 3.8) is 0 Å². The Morgan fingerprint density at radius 2 is 1.88 bits per heavy atom. The predicted octanol–water partition coefficient (Wildman–Crippen LogP) is 2.70. The average molecular weight is 232 g/mol. The number of rotatable bonds is 4. The van der Waals surface area contributed by atoms with E-state index in [1.807, 2.05) is 18.2 Å². The molecule has 0 radical (unpaired) electrons. The molecular formula is C14H16O3. The summed E-state index contributed by atoms with van der Waals surface area (Å²) in [4.78, 5) is 9.77. The van der Waals surface area contributed by atoms with Gasteiger partial charge in [-0.25, -0.2) is 0 Å². The maximum absolute atomic E-state index is 9.77. The van der Waals surface area contributed by atoms with Crippen molar-refractivity contribution in [3.05, 3.63) is 60.1 Å². The highest BCUT2D eigenvalue weighted by Gasteiger charge is 1.88. The second-order valence-corrected chi connectivity index (χ2v) is 3.45. The fourth-order valence-corrected chi connectivity index (χ4v) is 1.29. The van der Waals surface area contributed by atoms with Crippen molar-refractivity contribution in [2.45, 2.75) is 12.8 Å². The van der Waals surface area contributed by atoms with Crippen molar-refractivity contribution in [2.75, 3.05) is 6.61 Å². The lowest BCUT2D eigenvalue weighted by Crippen LogP contribution is -1.87. The van der Waals surface area contributed by atoms with Crippen LogP contribution in [0.4, 0.5) is 0 Å². The molecule has 1 N–H and O–H groups in total. The van der Waals surface area contributed by atoms with Crippen LogP contribution in [0.1, 0.15) is 22.5 Å². The highest BCUT2D eigenvalue weighted by molar-refractivity contribution is 5.69. The standard InChI is InChI=1S/C9H12O.C5H4O2/c10-8-4-7-9-5-2-1-3-6-9;6-4-5-2-1-3-7-5/h1-3,5-6,10H,4,7-8H2;1-4H. The maximum atomic E-state index is 9.77. The maximum Gasteiger partial charge on any atom is 0.185 e. The molecule has 0 bridgehead atoms. The summed E-state index contributed by atoms with van der Waals surface area (Å²) in [6.07, 6.45) is 3.98. The summed E-state index contributed by atoms with van der Waals surface area (Å²) in [5.74, 6) is 0.375. The van der Waals surface area contributed by atoms with Gasteiger partial charge in [0.2, 0.25) is 0 Å². The van der Waals surface area contributed by atoms with Crippen molar-refractivity contribution in [1.82, 2.24) is 0 Å². The highest BCUT2D eigenvalue weighted by Crippen LogP contribution is 2.00. The van der Waals surface area contributed by atoms with E-state index in [4.69, 9.17) is 5.11 Å². The molecule has 0 saturated heterocycles. The molecule has 90 valence electrons. The Bertz CT molecular complexity index is 393. The zero-order chi connectivity index (χ0) is 12.3. The Morgan fingerprint density at radius 3 is 2.35 bits per heavy atom. The predicted molar refractivity (Wildman–Crippen MR) is 65.9 cm³/mol. The van der Waals surface area contributed by atoms with E-state index >= 15 is 0 Å². The number of hydrogen-bond acceptors (Lipinski definition) is 3. The van der Waals surface area contributed by atoms with Crippen LogP contribution < -0.4 is 0 Å². The summed E-state index contributed by atoms with van der Waals surface area (Å²) < 4.78 is 4.61. The van der Waals surface area contributed by atoms with E-state index in [0.29, 0.717) is 12.0 Å². The lowest BCUT2D eigenvalue weighted by molar-refractivity contribution is 0.110. The topological polar surface area (TPSA) is 50.4 Å². The number of hydrogen-bond donors (Lipinski definition) is 1. The fourth-order valence-electron chi connectivity index (χ4n) is 1.29. The van der Waals surface area contributed by atoms with E-state index in [1.54, 1.807) is 12.1 Å². The molecule has 1 aromatic heterocycles. The molecule has 0 aliphatic carbocycles.